The largest absolute Gasteiger partial charge is 0.457 e. The van der Waals surface area contributed by atoms with E-state index in [1.165, 1.54) is 24.3 Å². The van der Waals surface area contributed by atoms with Gasteiger partial charge in [-0.3, -0.25) is 9.59 Å². The molecule has 3 aromatic rings. The molecule has 0 spiro atoms. The van der Waals surface area contributed by atoms with Crippen molar-refractivity contribution in [3.63, 3.8) is 0 Å². The van der Waals surface area contributed by atoms with Crippen LogP contribution in [0.4, 0.5) is 4.39 Å². The normalized spacial score (nSPS) is 10.6. The second-order valence-electron chi connectivity index (χ2n) is 6.16. The van der Waals surface area contributed by atoms with Crippen LogP contribution in [0.25, 0.3) is 5.69 Å². The highest BCUT2D eigenvalue weighted by molar-refractivity contribution is 5.97. The number of carbonyl (C=O) groups excluding carboxylic acids is 2. The lowest BCUT2D eigenvalue weighted by Gasteiger charge is -2.06. The van der Waals surface area contributed by atoms with Crippen LogP contribution < -0.4 is 0 Å². The van der Waals surface area contributed by atoms with Gasteiger partial charge in [0.05, 0.1) is 17.8 Å². The number of halogens is 1. The van der Waals surface area contributed by atoms with E-state index < -0.39 is 11.8 Å². The van der Waals surface area contributed by atoms with E-state index in [2.05, 4.69) is 5.10 Å². The molecule has 0 aliphatic heterocycles. The van der Waals surface area contributed by atoms with Gasteiger partial charge in [0.1, 0.15) is 5.82 Å². The van der Waals surface area contributed by atoms with Gasteiger partial charge in [0.15, 0.2) is 12.4 Å². The van der Waals surface area contributed by atoms with E-state index in [1.807, 2.05) is 44.2 Å². The number of aryl methyl sites for hydroxylation is 1. The fourth-order valence-corrected chi connectivity index (χ4v) is 2.81. The quantitative estimate of drug-likeness (QED) is 0.494. The van der Waals surface area contributed by atoms with E-state index in [4.69, 9.17) is 4.74 Å². The molecule has 0 aliphatic carbocycles. The third-order valence-electron chi connectivity index (χ3n) is 4.29. The lowest BCUT2D eigenvalue weighted by Crippen LogP contribution is -2.16. The van der Waals surface area contributed by atoms with Gasteiger partial charge in [0.2, 0.25) is 0 Å². The Bertz CT molecular complexity index is 963. The van der Waals surface area contributed by atoms with Crippen molar-refractivity contribution in [2.24, 2.45) is 0 Å². The van der Waals surface area contributed by atoms with Crippen molar-refractivity contribution >= 4 is 11.8 Å². The average Bonchev–Trinajstić information content (AvgIpc) is 2.95. The van der Waals surface area contributed by atoms with Crippen LogP contribution in [-0.4, -0.2) is 28.1 Å². The smallest absolute Gasteiger partial charge is 0.310 e. The fraction of sp³-hybridized carbons (Fsp3) is 0.190. The Kier molecular flexibility index (Phi) is 5.45. The molecular formula is C21H19FN2O3. The van der Waals surface area contributed by atoms with Crippen molar-refractivity contribution < 1.29 is 18.7 Å². The molecule has 27 heavy (non-hydrogen) atoms. The maximum atomic E-state index is 12.9. The summed E-state index contributed by atoms with van der Waals surface area (Å²) in [6.07, 6.45) is 0.0290. The molecule has 0 saturated heterocycles. The number of carbonyl (C=O) groups is 2. The second kappa shape index (κ2) is 7.95. The SMILES string of the molecule is Cc1nn(-c2ccccc2)c(C)c1CC(=O)OCC(=O)c1ccc(F)cc1. The zero-order valence-corrected chi connectivity index (χ0v) is 15.1. The molecule has 0 radical (unpaired) electrons. The predicted molar refractivity (Wildman–Crippen MR) is 98.4 cm³/mol. The van der Waals surface area contributed by atoms with Crippen LogP contribution >= 0.6 is 0 Å². The van der Waals surface area contributed by atoms with Gasteiger partial charge in [-0.05, 0) is 50.2 Å². The molecule has 0 fully saturated rings. The first-order valence-electron chi connectivity index (χ1n) is 8.50. The number of ether oxygens (including phenoxy) is 1. The molecule has 0 atom stereocenters. The van der Waals surface area contributed by atoms with Gasteiger partial charge in [0.25, 0.3) is 0 Å². The van der Waals surface area contributed by atoms with Crippen molar-refractivity contribution in [1.29, 1.82) is 0 Å². The van der Waals surface area contributed by atoms with Gasteiger partial charge in [0, 0.05) is 16.8 Å². The Morgan fingerprint density at radius 3 is 2.37 bits per heavy atom. The van der Waals surface area contributed by atoms with E-state index in [-0.39, 0.29) is 18.8 Å². The van der Waals surface area contributed by atoms with E-state index >= 15 is 0 Å². The van der Waals surface area contributed by atoms with Gasteiger partial charge in [-0.1, -0.05) is 18.2 Å². The molecule has 3 rings (SSSR count). The monoisotopic (exact) mass is 366 g/mol. The van der Waals surface area contributed by atoms with Crippen molar-refractivity contribution in [2.45, 2.75) is 20.3 Å². The fourth-order valence-electron chi connectivity index (χ4n) is 2.81. The lowest BCUT2D eigenvalue weighted by atomic mass is 10.1. The topological polar surface area (TPSA) is 61.2 Å². The highest BCUT2D eigenvalue weighted by Gasteiger charge is 2.17. The predicted octanol–water partition coefficient (Wildman–Crippen LogP) is 3.60. The molecule has 0 amide bonds. The molecule has 1 heterocycles. The third-order valence-corrected chi connectivity index (χ3v) is 4.29. The van der Waals surface area contributed by atoms with Gasteiger partial charge in [-0.2, -0.15) is 5.10 Å². The molecular weight excluding hydrogens is 347 g/mol. The number of benzene rings is 2. The van der Waals surface area contributed by atoms with E-state index in [0.29, 0.717) is 5.56 Å². The van der Waals surface area contributed by atoms with Crippen LogP contribution in [0.3, 0.4) is 0 Å². The number of aromatic nitrogens is 2. The van der Waals surface area contributed by atoms with Crippen molar-refractivity contribution in [2.75, 3.05) is 6.61 Å². The number of para-hydroxylation sites is 1. The summed E-state index contributed by atoms with van der Waals surface area (Å²) < 4.78 is 19.8. The Morgan fingerprint density at radius 2 is 1.70 bits per heavy atom. The first-order valence-corrected chi connectivity index (χ1v) is 8.50. The number of Topliss-reactive ketones (excluding diaryl/α,β-unsaturated/α-hetero) is 1. The summed E-state index contributed by atoms with van der Waals surface area (Å²) >= 11 is 0. The number of esters is 1. The number of rotatable bonds is 6. The summed E-state index contributed by atoms with van der Waals surface area (Å²) in [6, 6.07) is 14.7. The van der Waals surface area contributed by atoms with Crippen LogP contribution in [0, 0.1) is 19.7 Å². The number of hydrogen-bond donors (Lipinski definition) is 0. The van der Waals surface area contributed by atoms with Crippen LogP contribution in [0.5, 0.6) is 0 Å². The first kappa shape index (κ1) is 18.5. The zero-order valence-electron chi connectivity index (χ0n) is 15.1. The standard InChI is InChI=1S/C21H19FN2O3/c1-14-19(15(2)24(23-14)18-6-4-3-5-7-18)12-21(26)27-13-20(25)16-8-10-17(22)11-9-16/h3-11H,12-13H2,1-2H3. The highest BCUT2D eigenvalue weighted by Crippen LogP contribution is 2.18. The van der Waals surface area contributed by atoms with Crippen molar-refractivity contribution in [3.05, 3.63) is 82.9 Å². The third kappa shape index (κ3) is 4.28. The minimum absolute atomic E-state index is 0.0290. The molecule has 1 aromatic heterocycles. The Balaban J connectivity index is 1.65. The maximum absolute atomic E-state index is 12.9. The van der Waals surface area contributed by atoms with Crippen LogP contribution in [-0.2, 0) is 16.0 Å². The minimum atomic E-state index is -0.510. The molecule has 0 saturated carbocycles. The summed E-state index contributed by atoms with van der Waals surface area (Å²) in [4.78, 5) is 24.2. The number of ketones is 1. The Hall–Kier alpha value is -3.28. The molecule has 0 N–H and O–H groups in total. The average molecular weight is 366 g/mol. The highest BCUT2D eigenvalue weighted by atomic mass is 19.1. The van der Waals surface area contributed by atoms with E-state index in [9.17, 15) is 14.0 Å². The van der Waals surface area contributed by atoms with Crippen LogP contribution in [0.2, 0.25) is 0 Å². The maximum Gasteiger partial charge on any atom is 0.310 e. The Morgan fingerprint density at radius 1 is 1.04 bits per heavy atom. The number of hydrogen-bond acceptors (Lipinski definition) is 4. The molecule has 0 unspecified atom stereocenters. The molecule has 5 nitrogen and oxygen atoms in total. The van der Waals surface area contributed by atoms with Gasteiger partial charge < -0.3 is 4.74 Å². The molecule has 6 heteroatoms. The second-order valence-corrected chi connectivity index (χ2v) is 6.16. The number of nitrogens with zero attached hydrogens (tertiary/aromatic N) is 2. The van der Waals surface area contributed by atoms with Crippen LogP contribution in [0.15, 0.2) is 54.6 Å². The molecule has 138 valence electrons. The Labute approximate surface area is 156 Å². The van der Waals surface area contributed by atoms with Gasteiger partial charge >= 0.3 is 5.97 Å². The molecule has 2 aromatic carbocycles. The molecule has 0 aliphatic rings. The van der Waals surface area contributed by atoms with E-state index in [1.54, 1.807) is 4.68 Å². The molecule has 0 bridgehead atoms. The van der Waals surface area contributed by atoms with Gasteiger partial charge in [-0.25, -0.2) is 9.07 Å². The first-order chi connectivity index (χ1) is 13.0. The summed E-state index contributed by atoms with van der Waals surface area (Å²) in [5.41, 5.74) is 3.56. The van der Waals surface area contributed by atoms with Gasteiger partial charge in [-0.15, -0.1) is 0 Å². The summed E-state index contributed by atoms with van der Waals surface area (Å²) in [5, 5.41) is 4.49. The summed E-state index contributed by atoms with van der Waals surface area (Å²) in [6.45, 7) is 3.34. The van der Waals surface area contributed by atoms with Crippen molar-refractivity contribution in [1.82, 2.24) is 9.78 Å². The van der Waals surface area contributed by atoms with Crippen LogP contribution in [0.1, 0.15) is 27.3 Å². The van der Waals surface area contributed by atoms with E-state index in [0.717, 1.165) is 22.6 Å². The van der Waals surface area contributed by atoms with Crippen molar-refractivity contribution in [3.8, 4) is 5.69 Å². The lowest BCUT2D eigenvalue weighted by molar-refractivity contribution is -0.141. The summed E-state index contributed by atoms with van der Waals surface area (Å²) in [5.74, 6) is -1.31. The minimum Gasteiger partial charge on any atom is -0.457 e. The summed E-state index contributed by atoms with van der Waals surface area (Å²) in [7, 11) is 0. The zero-order chi connectivity index (χ0) is 19.4.